The third kappa shape index (κ3) is 7.23. The topological polar surface area (TPSA) is 163 Å². The zero-order valence-corrected chi connectivity index (χ0v) is 28.0. The van der Waals surface area contributed by atoms with Gasteiger partial charge in [-0.05, 0) is 70.0 Å². The molecule has 6 rings (SSSR count). The van der Waals surface area contributed by atoms with Gasteiger partial charge >= 0.3 is 18.1 Å². The SMILES string of the molecule is CC(C)(C)OC(=O)NN1CCCCC/C=C\[C@@H]2C[C@@]2(C(=O)O)NC(=O)[C@@H]2C[C@@H](Oc3nc4ccccc4nc3-c3cccs3)CN2C1=O. The molecule has 13 nitrogen and oxygen atoms in total. The van der Waals surface area contributed by atoms with Crippen LogP contribution in [0.4, 0.5) is 9.59 Å². The molecule has 14 heteroatoms. The Labute approximate surface area is 282 Å². The van der Waals surface area contributed by atoms with E-state index in [1.807, 2.05) is 53.9 Å². The number of hydrazine groups is 1. The lowest BCUT2D eigenvalue weighted by Crippen LogP contribution is -2.58. The summed E-state index contributed by atoms with van der Waals surface area (Å²) in [6, 6.07) is 9.53. The number of hydrogen-bond acceptors (Lipinski definition) is 9. The molecule has 4 amide bonds. The van der Waals surface area contributed by atoms with Crippen LogP contribution in [-0.2, 0) is 14.3 Å². The van der Waals surface area contributed by atoms with Crippen LogP contribution in [0.2, 0.25) is 0 Å². The smallest absolute Gasteiger partial charge is 0.426 e. The Morgan fingerprint density at radius 3 is 2.56 bits per heavy atom. The predicted octanol–water partition coefficient (Wildman–Crippen LogP) is 5.13. The Hall–Kier alpha value is -4.72. The lowest BCUT2D eigenvalue weighted by Gasteiger charge is -2.32. The molecule has 254 valence electrons. The number of allylic oxidation sites excluding steroid dienone is 1. The van der Waals surface area contributed by atoms with Gasteiger partial charge in [-0.15, -0.1) is 11.3 Å². The van der Waals surface area contributed by atoms with Crippen LogP contribution in [0, 0.1) is 5.92 Å². The lowest BCUT2D eigenvalue weighted by atomic mass is 10.1. The predicted molar refractivity (Wildman–Crippen MR) is 178 cm³/mol. The number of carbonyl (C=O) groups excluding carboxylic acids is 3. The fraction of sp³-hybridized carbons (Fsp3) is 0.471. The highest BCUT2D eigenvalue weighted by Crippen LogP contribution is 2.45. The zero-order chi connectivity index (χ0) is 34.1. The van der Waals surface area contributed by atoms with Gasteiger partial charge in [-0.25, -0.2) is 34.8 Å². The van der Waals surface area contributed by atoms with Crippen molar-refractivity contribution in [3.63, 3.8) is 0 Å². The molecular weight excluding hydrogens is 636 g/mol. The summed E-state index contributed by atoms with van der Waals surface area (Å²) < 4.78 is 11.9. The van der Waals surface area contributed by atoms with Gasteiger partial charge < -0.3 is 24.8 Å². The molecule has 3 aromatic rings. The van der Waals surface area contributed by atoms with E-state index in [9.17, 15) is 24.3 Å². The quantitative estimate of drug-likeness (QED) is 0.311. The summed E-state index contributed by atoms with van der Waals surface area (Å²) in [5.74, 6) is -1.83. The molecule has 3 N–H and O–H groups in total. The summed E-state index contributed by atoms with van der Waals surface area (Å²) in [5, 5.41) is 16.0. The van der Waals surface area contributed by atoms with Crippen LogP contribution in [0.3, 0.4) is 0 Å². The number of thiophene rings is 1. The number of ether oxygens (including phenoxy) is 2. The van der Waals surface area contributed by atoms with Crippen LogP contribution in [-0.4, -0.2) is 85.4 Å². The van der Waals surface area contributed by atoms with Gasteiger partial charge in [0, 0.05) is 18.9 Å². The molecular formula is C34H40N6O7S. The Kier molecular flexibility index (Phi) is 9.28. The third-order valence-corrected chi connectivity index (χ3v) is 9.48. The molecule has 4 heterocycles. The average Bonchev–Trinajstić information content (AvgIpc) is 3.34. The first-order valence-electron chi connectivity index (χ1n) is 16.2. The molecule has 48 heavy (non-hydrogen) atoms. The minimum atomic E-state index is -1.45. The molecule has 4 atom stereocenters. The summed E-state index contributed by atoms with van der Waals surface area (Å²) in [6.07, 6.45) is 5.51. The number of hydrogen-bond donors (Lipinski definition) is 3. The maximum Gasteiger partial charge on any atom is 0.426 e. The Balaban J connectivity index is 1.32. The molecule has 1 aromatic carbocycles. The number of rotatable bonds is 5. The fourth-order valence-electron chi connectivity index (χ4n) is 6.14. The van der Waals surface area contributed by atoms with E-state index >= 15 is 0 Å². The molecule has 2 aliphatic heterocycles. The summed E-state index contributed by atoms with van der Waals surface area (Å²) in [6.45, 7) is 5.32. The molecule has 1 saturated carbocycles. The zero-order valence-electron chi connectivity index (χ0n) is 27.2. The second-order valence-corrected chi connectivity index (χ2v) is 14.3. The number of aliphatic carboxylic acids is 1. The maximum atomic E-state index is 14.2. The third-order valence-electron chi connectivity index (χ3n) is 8.60. The maximum absolute atomic E-state index is 14.2. The van der Waals surface area contributed by atoms with Crippen molar-refractivity contribution < 1.29 is 33.8 Å². The fourth-order valence-corrected chi connectivity index (χ4v) is 6.85. The molecule has 1 aliphatic carbocycles. The number of para-hydroxylation sites is 2. The Morgan fingerprint density at radius 2 is 1.85 bits per heavy atom. The van der Waals surface area contributed by atoms with Gasteiger partial charge in [0.05, 0.1) is 22.5 Å². The second kappa shape index (κ2) is 13.4. The van der Waals surface area contributed by atoms with E-state index in [1.54, 1.807) is 20.8 Å². The normalized spacial score (nSPS) is 25.6. The standard InChI is InChI=1S/C34H40N6O7S/c1-33(2,3)47-31(44)38-40-16-10-6-4-5-7-12-21-19-34(21,30(42)43)37-28(41)25-18-22(20-39(25)32(40)45)46-29-27(26-15-11-17-48-26)35-23-13-8-9-14-24(23)36-29/h7-9,11-15,17,21-22,25H,4-6,10,16,18-20H2,1-3H3,(H,37,41)(H,38,44)(H,42,43)/b12-7-/t21-,22-,25+,34-/m1/s1. The Morgan fingerprint density at radius 1 is 1.08 bits per heavy atom. The van der Waals surface area contributed by atoms with Crippen molar-refractivity contribution in [2.45, 2.75) is 82.6 Å². The lowest BCUT2D eigenvalue weighted by molar-refractivity contribution is -0.144. The minimum absolute atomic E-state index is 0.0226. The van der Waals surface area contributed by atoms with Gasteiger partial charge in [-0.1, -0.05) is 36.8 Å². The molecule has 2 fully saturated rings. The van der Waals surface area contributed by atoms with Crippen LogP contribution >= 0.6 is 11.3 Å². The van der Waals surface area contributed by atoms with E-state index in [0.717, 1.165) is 24.1 Å². The molecule has 2 aromatic heterocycles. The molecule has 0 bridgehead atoms. The van der Waals surface area contributed by atoms with Crippen LogP contribution in [0.5, 0.6) is 5.88 Å². The molecule has 0 radical (unpaired) electrons. The number of carboxylic acid groups (broad SMARTS) is 1. The van der Waals surface area contributed by atoms with Crippen molar-refractivity contribution in [1.82, 2.24) is 30.6 Å². The number of amides is 4. The van der Waals surface area contributed by atoms with Gasteiger partial charge in [-0.2, -0.15) is 0 Å². The number of nitrogens with one attached hydrogen (secondary N) is 2. The van der Waals surface area contributed by atoms with E-state index < -0.39 is 47.3 Å². The van der Waals surface area contributed by atoms with Gasteiger partial charge in [0.25, 0.3) is 0 Å². The van der Waals surface area contributed by atoms with E-state index in [0.29, 0.717) is 23.1 Å². The first kappa shape index (κ1) is 33.2. The van der Waals surface area contributed by atoms with Gasteiger partial charge in [0.1, 0.15) is 29.0 Å². The van der Waals surface area contributed by atoms with Crippen molar-refractivity contribution in [1.29, 1.82) is 0 Å². The molecule has 0 spiro atoms. The minimum Gasteiger partial charge on any atom is -0.479 e. The van der Waals surface area contributed by atoms with Crippen LogP contribution in [0.1, 0.15) is 59.3 Å². The first-order valence-corrected chi connectivity index (χ1v) is 17.1. The summed E-state index contributed by atoms with van der Waals surface area (Å²) >= 11 is 1.48. The van der Waals surface area contributed by atoms with E-state index in [1.165, 1.54) is 21.2 Å². The molecule has 0 unspecified atom stereocenters. The highest BCUT2D eigenvalue weighted by Gasteiger charge is 2.61. The highest BCUT2D eigenvalue weighted by atomic mass is 32.1. The number of nitrogens with zero attached hydrogens (tertiary/aromatic N) is 4. The summed E-state index contributed by atoms with van der Waals surface area (Å²) in [7, 11) is 0. The number of aromatic nitrogens is 2. The van der Waals surface area contributed by atoms with Crippen LogP contribution in [0.15, 0.2) is 53.9 Å². The van der Waals surface area contributed by atoms with Gasteiger partial charge in [0.15, 0.2) is 0 Å². The van der Waals surface area contributed by atoms with Crippen LogP contribution in [0.25, 0.3) is 21.6 Å². The van der Waals surface area contributed by atoms with Crippen molar-refractivity contribution >= 4 is 46.4 Å². The van der Waals surface area contributed by atoms with Crippen LogP contribution < -0.4 is 15.5 Å². The first-order chi connectivity index (χ1) is 22.9. The van der Waals surface area contributed by atoms with E-state index in [4.69, 9.17) is 19.4 Å². The van der Waals surface area contributed by atoms with Crippen molar-refractivity contribution in [2.75, 3.05) is 13.1 Å². The Bertz CT molecular complexity index is 1720. The van der Waals surface area contributed by atoms with Crippen molar-refractivity contribution in [2.24, 2.45) is 5.92 Å². The van der Waals surface area contributed by atoms with E-state index in [-0.39, 0.29) is 37.7 Å². The second-order valence-electron chi connectivity index (χ2n) is 13.4. The van der Waals surface area contributed by atoms with Gasteiger partial charge in [0.2, 0.25) is 11.8 Å². The highest BCUT2D eigenvalue weighted by molar-refractivity contribution is 7.13. The summed E-state index contributed by atoms with van der Waals surface area (Å²) in [5.41, 5.74) is 2.18. The monoisotopic (exact) mass is 676 g/mol. The number of urea groups is 1. The number of carboxylic acids is 1. The average molecular weight is 677 g/mol. The van der Waals surface area contributed by atoms with Crippen molar-refractivity contribution in [3.05, 3.63) is 53.9 Å². The number of fused-ring (bicyclic) bond motifs is 3. The largest absolute Gasteiger partial charge is 0.479 e. The van der Waals surface area contributed by atoms with Crippen molar-refractivity contribution in [3.8, 4) is 16.5 Å². The molecule has 1 saturated heterocycles. The van der Waals surface area contributed by atoms with E-state index in [2.05, 4.69) is 10.7 Å². The summed E-state index contributed by atoms with van der Waals surface area (Å²) in [4.78, 5) is 65.2. The van der Waals surface area contributed by atoms with Gasteiger partial charge in [-0.3, -0.25) is 4.79 Å². The number of carbonyl (C=O) groups is 4. The molecule has 3 aliphatic rings. The number of benzene rings is 1.